The van der Waals surface area contributed by atoms with Crippen molar-refractivity contribution in [3.05, 3.63) is 29.0 Å². The smallest absolute Gasteiger partial charge is 0.146 e. The predicted octanol–water partition coefficient (Wildman–Crippen LogP) is 2.53. The molecule has 0 bridgehead atoms. The van der Waals surface area contributed by atoms with E-state index in [1.54, 1.807) is 17.7 Å². The number of hydrogen-bond acceptors (Lipinski definition) is 4. The maximum Gasteiger partial charge on any atom is 0.146 e. The fourth-order valence-corrected chi connectivity index (χ4v) is 1.99. The molecule has 4 nitrogen and oxygen atoms in total. The van der Waals surface area contributed by atoms with E-state index in [1.807, 2.05) is 4.68 Å². The summed E-state index contributed by atoms with van der Waals surface area (Å²) in [6, 6.07) is 2.41. The molecular weight excluding hydrogens is 208 g/mol. The SMILES string of the molecule is CC(C)n1ncnc1CNc1ccsc1. The van der Waals surface area contributed by atoms with E-state index in [-0.39, 0.29) is 0 Å². The predicted molar refractivity (Wildman–Crippen MR) is 62.1 cm³/mol. The fourth-order valence-electron chi connectivity index (χ4n) is 1.38. The van der Waals surface area contributed by atoms with Crippen LogP contribution in [0.5, 0.6) is 0 Å². The van der Waals surface area contributed by atoms with Crippen molar-refractivity contribution < 1.29 is 0 Å². The van der Waals surface area contributed by atoms with Gasteiger partial charge in [-0.25, -0.2) is 9.67 Å². The summed E-state index contributed by atoms with van der Waals surface area (Å²) in [6.07, 6.45) is 1.60. The van der Waals surface area contributed by atoms with Gasteiger partial charge in [-0.2, -0.15) is 16.4 Å². The van der Waals surface area contributed by atoms with Crippen molar-refractivity contribution in [1.82, 2.24) is 14.8 Å². The number of nitrogens with zero attached hydrogens (tertiary/aromatic N) is 3. The summed E-state index contributed by atoms with van der Waals surface area (Å²) in [5.41, 5.74) is 1.14. The van der Waals surface area contributed by atoms with Gasteiger partial charge in [-0.3, -0.25) is 0 Å². The van der Waals surface area contributed by atoms with Crippen LogP contribution in [0.4, 0.5) is 5.69 Å². The molecule has 0 aromatic carbocycles. The molecule has 0 fully saturated rings. The highest BCUT2D eigenvalue weighted by Crippen LogP contribution is 2.13. The van der Waals surface area contributed by atoms with Gasteiger partial charge >= 0.3 is 0 Å². The van der Waals surface area contributed by atoms with Gasteiger partial charge in [0, 0.05) is 17.1 Å². The zero-order chi connectivity index (χ0) is 10.7. The molecule has 0 amide bonds. The van der Waals surface area contributed by atoms with Crippen molar-refractivity contribution in [2.24, 2.45) is 0 Å². The number of anilines is 1. The third-order valence-corrected chi connectivity index (χ3v) is 2.79. The van der Waals surface area contributed by atoms with Gasteiger partial charge in [0.25, 0.3) is 0 Å². The minimum Gasteiger partial charge on any atom is -0.377 e. The zero-order valence-electron chi connectivity index (χ0n) is 8.84. The van der Waals surface area contributed by atoms with Gasteiger partial charge in [0.05, 0.1) is 6.54 Å². The van der Waals surface area contributed by atoms with Gasteiger partial charge in [0.15, 0.2) is 0 Å². The van der Waals surface area contributed by atoms with Crippen LogP contribution in [-0.4, -0.2) is 14.8 Å². The Morgan fingerprint density at radius 1 is 1.53 bits per heavy atom. The lowest BCUT2D eigenvalue weighted by atomic mass is 10.4. The summed E-state index contributed by atoms with van der Waals surface area (Å²) in [5.74, 6) is 0.969. The van der Waals surface area contributed by atoms with Crippen molar-refractivity contribution in [2.75, 3.05) is 5.32 Å². The van der Waals surface area contributed by atoms with Gasteiger partial charge in [0.1, 0.15) is 12.2 Å². The number of rotatable bonds is 4. The number of thiophene rings is 1. The minimum absolute atomic E-state index is 0.353. The summed E-state index contributed by atoms with van der Waals surface area (Å²) < 4.78 is 1.93. The molecule has 2 rings (SSSR count). The highest BCUT2D eigenvalue weighted by atomic mass is 32.1. The molecule has 80 valence electrons. The first-order chi connectivity index (χ1) is 7.27. The van der Waals surface area contributed by atoms with Gasteiger partial charge in [-0.1, -0.05) is 0 Å². The molecule has 2 aromatic rings. The molecule has 0 atom stereocenters. The van der Waals surface area contributed by atoms with Gasteiger partial charge in [0.2, 0.25) is 0 Å². The Labute approximate surface area is 93.0 Å². The third kappa shape index (κ3) is 2.36. The molecule has 0 aliphatic heterocycles. The summed E-state index contributed by atoms with van der Waals surface area (Å²) in [6.45, 7) is 4.92. The van der Waals surface area contributed by atoms with Crippen LogP contribution in [0, 0.1) is 0 Å². The first-order valence-corrected chi connectivity index (χ1v) is 5.86. The first kappa shape index (κ1) is 10.2. The molecule has 5 heteroatoms. The largest absolute Gasteiger partial charge is 0.377 e. The lowest BCUT2D eigenvalue weighted by Gasteiger charge is -2.09. The molecule has 15 heavy (non-hydrogen) atoms. The van der Waals surface area contributed by atoms with Crippen molar-refractivity contribution in [1.29, 1.82) is 0 Å². The van der Waals surface area contributed by atoms with Crippen molar-refractivity contribution >= 4 is 17.0 Å². The molecular formula is C10H14N4S. The topological polar surface area (TPSA) is 42.7 Å². The standard InChI is InChI=1S/C10H14N4S/c1-8(2)14-10(12-7-13-14)5-11-9-3-4-15-6-9/h3-4,6-8,11H,5H2,1-2H3. The monoisotopic (exact) mass is 222 g/mol. The Bertz CT molecular complexity index is 405. The van der Waals surface area contributed by atoms with Crippen LogP contribution in [0.2, 0.25) is 0 Å². The van der Waals surface area contributed by atoms with E-state index in [1.165, 1.54) is 0 Å². The van der Waals surface area contributed by atoms with Crippen LogP contribution < -0.4 is 5.32 Å². The molecule has 0 aliphatic rings. The Kier molecular flexibility index (Phi) is 3.01. The third-order valence-electron chi connectivity index (χ3n) is 2.11. The van der Waals surface area contributed by atoms with Gasteiger partial charge in [-0.15, -0.1) is 0 Å². The average molecular weight is 222 g/mol. The zero-order valence-corrected chi connectivity index (χ0v) is 9.66. The second-order valence-electron chi connectivity index (χ2n) is 3.58. The Hall–Kier alpha value is -1.36. The second kappa shape index (κ2) is 4.44. The quantitative estimate of drug-likeness (QED) is 0.864. The van der Waals surface area contributed by atoms with Gasteiger partial charge < -0.3 is 5.32 Å². The molecule has 1 N–H and O–H groups in total. The molecule has 0 radical (unpaired) electrons. The maximum absolute atomic E-state index is 4.23. The van der Waals surface area contributed by atoms with Crippen LogP contribution in [0.1, 0.15) is 25.7 Å². The minimum atomic E-state index is 0.353. The molecule has 0 unspecified atom stereocenters. The Morgan fingerprint density at radius 2 is 2.40 bits per heavy atom. The summed E-state index contributed by atoms with van der Waals surface area (Å²) in [7, 11) is 0. The normalized spacial score (nSPS) is 10.9. The van der Waals surface area contributed by atoms with E-state index in [2.05, 4.69) is 46.1 Å². The summed E-state index contributed by atoms with van der Waals surface area (Å²) >= 11 is 1.68. The maximum atomic E-state index is 4.23. The first-order valence-electron chi connectivity index (χ1n) is 4.92. The van der Waals surface area contributed by atoms with Crippen molar-refractivity contribution in [3.63, 3.8) is 0 Å². The Balaban J connectivity index is 2.02. The van der Waals surface area contributed by atoms with Crippen molar-refractivity contribution in [3.8, 4) is 0 Å². The van der Waals surface area contributed by atoms with Crippen LogP contribution >= 0.6 is 11.3 Å². The van der Waals surface area contributed by atoms with E-state index < -0.39 is 0 Å². The number of nitrogens with one attached hydrogen (secondary N) is 1. The molecule has 0 aliphatic carbocycles. The molecule has 0 spiro atoms. The van der Waals surface area contributed by atoms with Crippen LogP contribution in [0.3, 0.4) is 0 Å². The summed E-state index contributed by atoms with van der Waals surface area (Å²) in [4.78, 5) is 4.23. The average Bonchev–Trinajstić information content (AvgIpc) is 2.86. The molecule has 0 saturated carbocycles. The van der Waals surface area contributed by atoms with E-state index in [4.69, 9.17) is 0 Å². The van der Waals surface area contributed by atoms with Crippen LogP contribution in [-0.2, 0) is 6.54 Å². The summed E-state index contributed by atoms with van der Waals surface area (Å²) in [5, 5.41) is 11.6. The van der Waals surface area contributed by atoms with E-state index in [0.717, 1.165) is 18.1 Å². The number of aromatic nitrogens is 3. The highest BCUT2D eigenvalue weighted by Gasteiger charge is 2.06. The second-order valence-corrected chi connectivity index (χ2v) is 4.36. The number of hydrogen-bond donors (Lipinski definition) is 1. The lowest BCUT2D eigenvalue weighted by Crippen LogP contribution is -2.11. The lowest BCUT2D eigenvalue weighted by molar-refractivity contribution is 0.509. The van der Waals surface area contributed by atoms with Crippen LogP contribution in [0.25, 0.3) is 0 Å². The molecule has 0 saturated heterocycles. The Morgan fingerprint density at radius 3 is 3.07 bits per heavy atom. The van der Waals surface area contributed by atoms with Crippen molar-refractivity contribution in [2.45, 2.75) is 26.4 Å². The molecule has 2 heterocycles. The van der Waals surface area contributed by atoms with E-state index >= 15 is 0 Å². The van der Waals surface area contributed by atoms with Crippen LogP contribution in [0.15, 0.2) is 23.2 Å². The van der Waals surface area contributed by atoms with E-state index in [0.29, 0.717) is 6.04 Å². The van der Waals surface area contributed by atoms with Gasteiger partial charge in [-0.05, 0) is 25.3 Å². The fraction of sp³-hybridized carbons (Fsp3) is 0.400. The van der Waals surface area contributed by atoms with E-state index in [9.17, 15) is 0 Å². The highest BCUT2D eigenvalue weighted by molar-refractivity contribution is 7.08. The molecule has 2 aromatic heterocycles.